The first kappa shape index (κ1) is 16.6. The van der Waals surface area contributed by atoms with E-state index < -0.39 is 0 Å². The molecule has 1 atom stereocenters. The average molecular weight is 390 g/mol. The summed E-state index contributed by atoms with van der Waals surface area (Å²) in [6.45, 7) is 5.20. The van der Waals surface area contributed by atoms with E-state index in [-0.39, 0.29) is 11.3 Å². The predicted molar refractivity (Wildman–Crippen MR) is 101 cm³/mol. The van der Waals surface area contributed by atoms with Crippen LogP contribution in [-0.2, 0) is 0 Å². The van der Waals surface area contributed by atoms with Crippen LogP contribution in [-0.4, -0.2) is 23.1 Å². The SMILES string of the molecule is CC(C)c1ccc(C2SCCN2C(=O)c2ccc(Br)cc2)cc1. The van der Waals surface area contributed by atoms with Crippen molar-refractivity contribution in [2.45, 2.75) is 25.1 Å². The van der Waals surface area contributed by atoms with Gasteiger partial charge in [-0.2, -0.15) is 0 Å². The van der Waals surface area contributed by atoms with Gasteiger partial charge in [0.2, 0.25) is 0 Å². The second-order valence-corrected chi connectivity index (χ2v) is 8.15. The van der Waals surface area contributed by atoms with E-state index in [1.165, 1.54) is 11.1 Å². The number of hydrogen-bond acceptors (Lipinski definition) is 2. The quantitative estimate of drug-likeness (QED) is 0.694. The van der Waals surface area contributed by atoms with Gasteiger partial charge < -0.3 is 4.90 Å². The fourth-order valence-electron chi connectivity index (χ4n) is 2.76. The third-order valence-electron chi connectivity index (χ3n) is 4.13. The van der Waals surface area contributed by atoms with Gasteiger partial charge in [0.25, 0.3) is 5.91 Å². The van der Waals surface area contributed by atoms with E-state index in [0.29, 0.717) is 5.92 Å². The normalized spacial score (nSPS) is 17.7. The van der Waals surface area contributed by atoms with Gasteiger partial charge in [-0.15, -0.1) is 11.8 Å². The molecule has 1 saturated heterocycles. The van der Waals surface area contributed by atoms with Crippen molar-refractivity contribution in [3.05, 3.63) is 69.7 Å². The molecule has 0 spiro atoms. The molecule has 2 aromatic rings. The first-order chi connectivity index (χ1) is 11.1. The van der Waals surface area contributed by atoms with Gasteiger partial charge in [0.15, 0.2) is 0 Å². The minimum absolute atomic E-state index is 0.112. The molecule has 0 bridgehead atoms. The Balaban J connectivity index is 1.82. The number of nitrogens with zero attached hydrogens (tertiary/aromatic N) is 1. The van der Waals surface area contributed by atoms with Crippen LogP contribution in [0.4, 0.5) is 0 Å². The van der Waals surface area contributed by atoms with Crippen LogP contribution in [0, 0.1) is 0 Å². The lowest BCUT2D eigenvalue weighted by molar-refractivity contribution is 0.0760. The van der Waals surface area contributed by atoms with Crippen molar-refractivity contribution in [3.63, 3.8) is 0 Å². The highest BCUT2D eigenvalue weighted by Crippen LogP contribution is 2.39. The second-order valence-electron chi connectivity index (χ2n) is 6.05. The smallest absolute Gasteiger partial charge is 0.255 e. The molecule has 0 radical (unpaired) electrons. The van der Waals surface area contributed by atoms with Crippen LogP contribution in [0.25, 0.3) is 0 Å². The largest absolute Gasteiger partial charge is 0.322 e. The topological polar surface area (TPSA) is 20.3 Å². The number of rotatable bonds is 3. The van der Waals surface area contributed by atoms with Gasteiger partial charge >= 0.3 is 0 Å². The third kappa shape index (κ3) is 3.64. The molecule has 23 heavy (non-hydrogen) atoms. The maximum atomic E-state index is 12.8. The van der Waals surface area contributed by atoms with Crippen LogP contribution in [0.3, 0.4) is 0 Å². The number of carbonyl (C=O) groups excluding carboxylic acids is 1. The zero-order valence-electron chi connectivity index (χ0n) is 13.3. The van der Waals surface area contributed by atoms with Gasteiger partial charge in [-0.25, -0.2) is 0 Å². The molecule has 1 aliphatic heterocycles. The van der Waals surface area contributed by atoms with Gasteiger partial charge in [0.05, 0.1) is 0 Å². The fourth-order valence-corrected chi connectivity index (χ4v) is 4.28. The number of hydrogen-bond donors (Lipinski definition) is 0. The first-order valence-corrected chi connectivity index (χ1v) is 9.68. The minimum atomic E-state index is 0.112. The Morgan fingerprint density at radius 2 is 1.78 bits per heavy atom. The number of benzene rings is 2. The molecule has 0 aromatic heterocycles. The monoisotopic (exact) mass is 389 g/mol. The van der Waals surface area contributed by atoms with Crippen molar-refractivity contribution >= 4 is 33.6 Å². The van der Waals surface area contributed by atoms with Crippen molar-refractivity contribution in [3.8, 4) is 0 Å². The number of amides is 1. The molecular weight excluding hydrogens is 370 g/mol. The van der Waals surface area contributed by atoms with Crippen LogP contribution < -0.4 is 0 Å². The molecule has 1 unspecified atom stereocenters. The summed E-state index contributed by atoms with van der Waals surface area (Å²) in [5.41, 5.74) is 3.30. The van der Waals surface area contributed by atoms with Crippen molar-refractivity contribution in [1.29, 1.82) is 0 Å². The molecule has 0 saturated carbocycles. The summed E-state index contributed by atoms with van der Waals surface area (Å²) in [7, 11) is 0. The highest BCUT2D eigenvalue weighted by atomic mass is 79.9. The van der Waals surface area contributed by atoms with E-state index in [1.807, 2.05) is 40.9 Å². The van der Waals surface area contributed by atoms with E-state index in [1.54, 1.807) is 0 Å². The zero-order valence-corrected chi connectivity index (χ0v) is 15.7. The Morgan fingerprint density at radius 1 is 1.13 bits per heavy atom. The van der Waals surface area contributed by atoms with Crippen LogP contribution >= 0.6 is 27.7 Å². The van der Waals surface area contributed by atoms with Crippen molar-refractivity contribution in [1.82, 2.24) is 4.90 Å². The number of carbonyl (C=O) groups is 1. The molecule has 0 aliphatic carbocycles. The van der Waals surface area contributed by atoms with Crippen molar-refractivity contribution in [2.24, 2.45) is 0 Å². The standard InChI is InChI=1S/C19H20BrNOS/c1-13(2)14-3-5-16(6-4-14)19-21(11-12-23-19)18(22)15-7-9-17(20)10-8-15/h3-10,13,19H,11-12H2,1-2H3. The molecule has 120 valence electrons. The van der Waals surface area contributed by atoms with Crippen LogP contribution in [0.1, 0.15) is 46.6 Å². The molecule has 0 N–H and O–H groups in total. The minimum Gasteiger partial charge on any atom is -0.322 e. The molecule has 1 fully saturated rings. The molecular formula is C19H20BrNOS. The Morgan fingerprint density at radius 3 is 2.39 bits per heavy atom. The lowest BCUT2D eigenvalue weighted by Gasteiger charge is -2.24. The van der Waals surface area contributed by atoms with Gasteiger partial charge in [0.1, 0.15) is 5.37 Å². The summed E-state index contributed by atoms with van der Waals surface area (Å²) in [5.74, 6) is 1.63. The Labute approximate surface area is 150 Å². The first-order valence-electron chi connectivity index (χ1n) is 7.84. The predicted octanol–water partition coefficient (Wildman–Crippen LogP) is 5.46. The summed E-state index contributed by atoms with van der Waals surface area (Å²) >= 11 is 5.26. The number of halogens is 1. The molecule has 2 nitrogen and oxygen atoms in total. The Bertz CT molecular complexity index is 682. The van der Waals surface area contributed by atoms with Crippen LogP contribution in [0.2, 0.25) is 0 Å². The summed E-state index contributed by atoms with van der Waals surface area (Å²) in [6, 6.07) is 16.3. The Kier molecular flexibility index (Phi) is 5.12. The summed E-state index contributed by atoms with van der Waals surface area (Å²) < 4.78 is 0.991. The maximum Gasteiger partial charge on any atom is 0.255 e. The number of thioether (sulfide) groups is 1. The molecule has 1 amide bonds. The van der Waals surface area contributed by atoms with E-state index >= 15 is 0 Å². The molecule has 4 heteroatoms. The van der Waals surface area contributed by atoms with Crippen LogP contribution in [0.15, 0.2) is 53.0 Å². The fraction of sp³-hybridized carbons (Fsp3) is 0.316. The van der Waals surface area contributed by atoms with Crippen molar-refractivity contribution < 1.29 is 4.79 Å². The lowest BCUT2D eigenvalue weighted by Crippen LogP contribution is -2.30. The summed E-state index contributed by atoms with van der Waals surface area (Å²) in [6.07, 6.45) is 0. The molecule has 2 aromatic carbocycles. The van der Waals surface area contributed by atoms with Crippen LogP contribution in [0.5, 0.6) is 0 Å². The summed E-state index contributed by atoms with van der Waals surface area (Å²) in [5, 5.41) is 0.118. The van der Waals surface area contributed by atoms with Crippen molar-refractivity contribution in [2.75, 3.05) is 12.3 Å². The average Bonchev–Trinajstić information content (AvgIpc) is 3.04. The molecule has 3 rings (SSSR count). The van der Waals surface area contributed by atoms with E-state index in [0.717, 1.165) is 22.3 Å². The van der Waals surface area contributed by atoms with Gasteiger partial charge in [-0.3, -0.25) is 4.79 Å². The van der Waals surface area contributed by atoms with E-state index in [9.17, 15) is 4.79 Å². The van der Waals surface area contributed by atoms with E-state index in [2.05, 4.69) is 54.0 Å². The van der Waals surface area contributed by atoms with Gasteiger partial charge in [-0.05, 0) is 41.3 Å². The van der Waals surface area contributed by atoms with Gasteiger partial charge in [0, 0.05) is 22.3 Å². The Hall–Kier alpha value is -1.26. The molecule has 1 heterocycles. The maximum absolute atomic E-state index is 12.8. The summed E-state index contributed by atoms with van der Waals surface area (Å²) in [4.78, 5) is 14.8. The highest BCUT2D eigenvalue weighted by Gasteiger charge is 2.31. The highest BCUT2D eigenvalue weighted by molar-refractivity contribution is 9.10. The lowest BCUT2D eigenvalue weighted by atomic mass is 10.0. The zero-order chi connectivity index (χ0) is 16.4. The third-order valence-corrected chi connectivity index (χ3v) is 5.92. The van der Waals surface area contributed by atoms with E-state index in [4.69, 9.17) is 0 Å². The molecule has 1 aliphatic rings. The van der Waals surface area contributed by atoms with Gasteiger partial charge in [-0.1, -0.05) is 54.0 Å². The second kappa shape index (κ2) is 7.10.